The maximum Gasteiger partial charge on any atom is 0.272 e. The van der Waals surface area contributed by atoms with Gasteiger partial charge in [0.1, 0.15) is 12.4 Å². The van der Waals surface area contributed by atoms with E-state index >= 15 is 0 Å². The number of aromatic nitrogens is 1. The van der Waals surface area contributed by atoms with Gasteiger partial charge in [0.05, 0.1) is 10.6 Å². The molecule has 0 aliphatic carbocycles. The topological polar surface area (TPSA) is 77.3 Å². The summed E-state index contributed by atoms with van der Waals surface area (Å²) in [5, 5.41) is 13.8. The van der Waals surface area contributed by atoms with E-state index in [1.54, 1.807) is 25.3 Å². The molecule has 1 heterocycles. The zero-order valence-electron chi connectivity index (χ0n) is 11.3. The lowest BCUT2D eigenvalue weighted by molar-refractivity contribution is -0.385. The fraction of sp³-hybridized carbons (Fsp3) is 0.214. The first-order chi connectivity index (χ1) is 9.60. The molecule has 6 heteroatoms. The Balaban J connectivity index is 2.07. The van der Waals surface area contributed by atoms with E-state index in [-0.39, 0.29) is 5.69 Å². The van der Waals surface area contributed by atoms with Crippen LogP contribution in [0.1, 0.15) is 11.3 Å². The van der Waals surface area contributed by atoms with Crippen LogP contribution in [-0.2, 0) is 6.61 Å². The standard InChI is InChI=1S/C14H15N3O3/c1-10-7-13(3-4-14(10)17(18)19)20-9-12-8-11(15-2)5-6-16-12/h3-8H,9H2,1-2H3,(H,15,16). The smallest absolute Gasteiger partial charge is 0.272 e. The van der Waals surface area contributed by atoms with Crippen molar-refractivity contribution in [2.45, 2.75) is 13.5 Å². The molecule has 1 aromatic heterocycles. The van der Waals surface area contributed by atoms with Gasteiger partial charge in [-0.15, -0.1) is 0 Å². The molecule has 6 nitrogen and oxygen atoms in total. The van der Waals surface area contributed by atoms with Crippen LogP contribution < -0.4 is 10.1 Å². The maximum absolute atomic E-state index is 10.7. The van der Waals surface area contributed by atoms with Gasteiger partial charge in [-0.3, -0.25) is 15.1 Å². The van der Waals surface area contributed by atoms with E-state index in [0.29, 0.717) is 17.9 Å². The number of nitro groups is 1. The normalized spacial score (nSPS) is 10.1. The number of ether oxygens (including phenoxy) is 1. The molecule has 0 unspecified atom stereocenters. The first-order valence-electron chi connectivity index (χ1n) is 6.10. The lowest BCUT2D eigenvalue weighted by atomic mass is 10.2. The van der Waals surface area contributed by atoms with E-state index in [0.717, 1.165) is 11.4 Å². The summed E-state index contributed by atoms with van der Waals surface area (Å²) in [5.41, 5.74) is 2.41. The van der Waals surface area contributed by atoms with Gasteiger partial charge < -0.3 is 10.1 Å². The lowest BCUT2D eigenvalue weighted by Gasteiger charge is -2.08. The van der Waals surface area contributed by atoms with Crippen LogP contribution in [0.15, 0.2) is 36.5 Å². The van der Waals surface area contributed by atoms with Crippen molar-refractivity contribution in [2.24, 2.45) is 0 Å². The van der Waals surface area contributed by atoms with E-state index in [1.165, 1.54) is 6.07 Å². The molecule has 0 bridgehead atoms. The molecule has 2 rings (SSSR count). The number of hydrogen-bond acceptors (Lipinski definition) is 5. The average Bonchev–Trinajstić information content (AvgIpc) is 2.45. The summed E-state index contributed by atoms with van der Waals surface area (Å²) in [7, 11) is 1.83. The van der Waals surface area contributed by atoms with Crippen LogP contribution in [0.5, 0.6) is 5.75 Å². The molecular weight excluding hydrogens is 258 g/mol. The Bertz CT molecular complexity index is 629. The predicted octanol–water partition coefficient (Wildman–Crippen LogP) is 2.92. The Labute approximate surface area is 116 Å². The van der Waals surface area contributed by atoms with Gasteiger partial charge in [-0.05, 0) is 31.2 Å². The molecular formula is C14H15N3O3. The van der Waals surface area contributed by atoms with E-state index in [9.17, 15) is 10.1 Å². The highest BCUT2D eigenvalue weighted by Gasteiger charge is 2.10. The molecule has 1 aromatic carbocycles. The highest BCUT2D eigenvalue weighted by atomic mass is 16.6. The Morgan fingerprint density at radius 1 is 1.35 bits per heavy atom. The highest BCUT2D eigenvalue weighted by Crippen LogP contribution is 2.23. The molecule has 0 aliphatic heterocycles. The van der Waals surface area contributed by atoms with Crippen LogP contribution in [-0.4, -0.2) is 17.0 Å². The minimum atomic E-state index is -0.406. The minimum Gasteiger partial charge on any atom is -0.487 e. The molecule has 104 valence electrons. The molecule has 20 heavy (non-hydrogen) atoms. The third-order valence-corrected chi connectivity index (χ3v) is 2.86. The maximum atomic E-state index is 10.7. The largest absolute Gasteiger partial charge is 0.487 e. The molecule has 0 saturated carbocycles. The van der Waals surface area contributed by atoms with Crippen molar-refractivity contribution in [1.29, 1.82) is 0 Å². The number of nitrogens with zero attached hydrogens (tertiary/aromatic N) is 2. The Kier molecular flexibility index (Phi) is 4.14. The third-order valence-electron chi connectivity index (χ3n) is 2.86. The van der Waals surface area contributed by atoms with Crippen molar-refractivity contribution in [3.8, 4) is 5.75 Å². The van der Waals surface area contributed by atoms with Crippen molar-refractivity contribution >= 4 is 11.4 Å². The molecule has 0 amide bonds. The van der Waals surface area contributed by atoms with Crippen molar-refractivity contribution < 1.29 is 9.66 Å². The van der Waals surface area contributed by atoms with Crippen molar-refractivity contribution in [3.63, 3.8) is 0 Å². The van der Waals surface area contributed by atoms with Crippen LogP contribution >= 0.6 is 0 Å². The van der Waals surface area contributed by atoms with Gasteiger partial charge in [-0.1, -0.05) is 0 Å². The number of nitrogens with one attached hydrogen (secondary N) is 1. The number of aryl methyl sites for hydroxylation is 1. The van der Waals surface area contributed by atoms with Crippen molar-refractivity contribution in [3.05, 3.63) is 57.9 Å². The molecule has 0 atom stereocenters. The molecule has 0 aliphatic rings. The van der Waals surface area contributed by atoms with Gasteiger partial charge >= 0.3 is 0 Å². The van der Waals surface area contributed by atoms with Crippen molar-refractivity contribution in [2.75, 3.05) is 12.4 Å². The summed E-state index contributed by atoms with van der Waals surface area (Å²) in [6.07, 6.45) is 1.70. The van der Waals surface area contributed by atoms with Gasteiger partial charge in [0.15, 0.2) is 0 Å². The predicted molar refractivity (Wildman–Crippen MR) is 75.9 cm³/mol. The highest BCUT2D eigenvalue weighted by molar-refractivity contribution is 5.45. The monoisotopic (exact) mass is 273 g/mol. The number of hydrogen-bond donors (Lipinski definition) is 1. The third kappa shape index (κ3) is 3.23. The minimum absolute atomic E-state index is 0.0904. The van der Waals surface area contributed by atoms with Gasteiger partial charge in [0.2, 0.25) is 0 Å². The van der Waals surface area contributed by atoms with Crippen LogP contribution in [0, 0.1) is 17.0 Å². The van der Waals surface area contributed by atoms with Gasteiger partial charge in [-0.2, -0.15) is 0 Å². The van der Waals surface area contributed by atoms with E-state index in [1.807, 2.05) is 19.2 Å². The molecule has 0 radical (unpaired) electrons. The average molecular weight is 273 g/mol. The zero-order valence-corrected chi connectivity index (χ0v) is 11.3. The molecule has 0 saturated heterocycles. The quantitative estimate of drug-likeness (QED) is 0.669. The second kappa shape index (κ2) is 6.01. The van der Waals surface area contributed by atoms with Gasteiger partial charge in [0, 0.05) is 30.6 Å². The SMILES string of the molecule is CNc1ccnc(COc2ccc([N+](=O)[O-])c(C)c2)c1. The van der Waals surface area contributed by atoms with Gasteiger partial charge in [-0.25, -0.2) is 0 Å². The van der Waals surface area contributed by atoms with Gasteiger partial charge in [0.25, 0.3) is 5.69 Å². The Morgan fingerprint density at radius 3 is 2.80 bits per heavy atom. The zero-order chi connectivity index (χ0) is 14.5. The second-order valence-corrected chi connectivity index (χ2v) is 4.28. The second-order valence-electron chi connectivity index (χ2n) is 4.28. The summed E-state index contributed by atoms with van der Waals surface area (Å²) in [5.74, 6) is 0.588. The van der Waals surface area contributed by atoms with E-state index < -0.39 is 4.92 Å². The molecule has 0 fully saturated rings. The summed E-state index contributed by atoms with van der Waals surface area (Å²) in [4.78, 5) is 14.5. The number of rotatable bonds is 5. The molecule has 2 aromatic rings. The summed E-state index contributed by atoms with van der Waals surface area (Å²) in [6.45, 7) is 2.00. The Hall–Kier alpha value is -2.63. The van der Waals surface area contributed by atoms with Crippen LogP contribution in [0.4, 0.5) is 11.4 Å². The van der Waals surface area contributed by atoms with E-state index in [4.69, 9.17) is 4.74 Å². The Morgan fingerprint density at radius 2 is 2.15 bits per heavy atom. The summed E-state index contributed by atoms with van der Waals surface area (Å²) < 4.78 is 5.59. The van der Waals surface area contributed by atoms with E-state index in [2.05, 4.69) is 10.3 Å². The van der Waals surface area contributed by atoms with Crippen LogP contribution in [0.25, 0.3) is 0 Å². The van der Waals surface area contributed by atoms with Crippen molar-refractivity contribution in [1.82, 2.24) is 4.98 Å². The first kappa shape index (κ1) is 13.8. The lowest BCUT2D eigenvalue weighted by Crippen LogP contribution is -2.00. The fourth-order valence-electron chi connectivity index (χ4n) is 1.79. The van der Waals surface area contributed by atoms with Crippen LogP contribution in [0.2, 0.25) is 0 Å². The summed E-state index contributed by atoms with van der Waals surface area (Å²) >= 11 is 0. The number of anilines is 1. The fourth-order valence-corrected chi connectivity index (χ4v) is 1.79. The summed E-state index contributed by atoms with van der Waals surface area (Å²) in [6, 6.07) is 8.44. The number of benzene rings is 1. The number of pyridine rings is 1. The number of nitro benzene ring substituents is 1. The first-order valence-corrected chi connectivity index (χ1v) is 6.10. The van der Waals surface area contributed by atoms with Crippen LogP contribution in [0.3, 0.4) is 0 Å². The molecule has 1 N–H and O–H groups in total. The molecule has 0 spiro atoms.